The number of likely N-dealkylation sites (tertiary alicyclic amines) is 1. The van der Waals surface area contributed by atoms with Gasteiger partial charge in [0.15, 0.2) is 0 Å². The summed E-state index contributed by atoms with van der Waals surface area (Å²) in [6, 6.07) is 12.2. The summed E-state index contributed by atoms with van der Waals surface area (Å²) < 4.78 is 0. The lowest BCUT2D eigenvalue weighted by Crippen LogP contribution is -2.55. The van der Waals surface area contributed by atoms with Crippen molar-refractivity contribution < 1.29 is 9.90 Å². The van der Waals surface area contributed by atoms with E-state index in [1.165, 1.54) is 21.7 Å². The molecule has 2 aromatic rings. The van der Waals surface area contributed by atoms with Gasteiger partial charge in [0.1, 0.15) is 12.3 Å². The number of halogens is 2. The third-order valence-corrected chi connectivity index (χ3v) is 7.74. The van der Waals surface area contributed by atoms with Gasteiger partial charge in [-0.15, -0.1) is 0 Å². The van der Waals surface area contributed by atoms with Crippen LogP contribution >= 0.6 is 35.0 Å². The zero-order valence-electron chi connectivity index (χ0n) is 15.6. The summed E-state index contributed by atoms with van der Waals surface area (Å²) in [6.45, 7) is 0.992. The van der Waals surface area contributed by atoms with Gasteiger partial charge in [-0.3, -0.25) is 0 Å². The smallest absolute Gasteiger partial charge is 0.136 e. The maximum absolute atomic E-state index is 11.5. The fourth-order valence-electron chi connectivity index (χ4n) is 4.90. The number of fused-ring (bicyclic) bond motifs is 3. The lowest BCUT2D eigenvalue weighted by atomic mass is 9.89. The maximum Gasteiger partial charge on any atom is 0.136 e. The van der Waals surface area contributed by atoms with Crippen LogP contribution in [0.3, 0.4) is 0 Å². The van der Waals surface area contributed by atoms with Gasteiger partial charge in [0.05, 0.1) is 10.7 Å². The Morgan fingerprint density at radius 3 is 2.90 bits per heavy atom. The summed E-state index contributed by atoms with van der Waals surface area (Å²) in [6.07, 6.45) is -0.236. The topological polar surface area (TPSA) is 58.6 Å². The van der Waals surface area contributed by atoms with Crippen LogP contribution in [0.4, 0.5) is 16.2 Å². The van der Waals surface area contributed by atoms with Crippen LogP contribution in [0.1, 0.15) is 23.5 Å². The SMILES string of the molecule is O=C([O-])N1CCC2C(C1)c1cccc3c1N2C(Nc1ccc(Cl)cc1Cl)CSC3. The van der Waals surface area contributed by atoms with Crippen molar-refractivity contribution in [3.8, 4) is 0 Å². The summed E-state index contributed by atoms with van der Waals surface area (Å²) in [7, 11) is 0. The largest absolute Gasteiger partial charge is 0.530 e. The van der Waals surface area contributed by atoms with E-state index in [0.29, 0.717) is 23.1 Å². The average molecular weight is 449 g/mol. The number of nitrogens with zero attached hydrogens (tertiary/aromatic N) is 2. The summed E-state index contributed by atoms with van der Waals surface area (Å²) in [4.78, 5) is 15.4. The molecular formula is C21H20Cl2N3O2S-. The molecule has 3 unspecified atom stereocenters. The Kier molecular flexibility index (Phi) is 4.96. The lowest BCUT2D eigenvalue weighted by Gasteiger charge is -2.43. The molecule has 0 spiro atoms. The van der Waals surface area contributed by atoms with Crippen LogP contribution in [0.25, 0.3) is 0 Å². The maximum atomic E-state index is 11.5. The van der Waals surface area contributed by atoms with Gasteiger partial charge in [-0.2, -0.15) is 11.8 Å². The number of anilines is 2. The minimum atomic E-state index is -1.08. The number of nitrogens with one attached hydrogen (secondary N) is 1. The van der Waals surface area contributed by atoms with Gasteiger partial charge < -0.3 is 25.0 Å². The molecule has 1 fully saturated rings. The van der Waals surface area contributed by atoms with Crippen molar-refractivity contribution in [1.82, 2.24) is 4.90 Å². The molecule has 3 heterocycles. The van der Waals surface area contributed by atoms with Crippen molar-refractivity contribution in [3.05, 3.63) is 57.6 Å². The van der Waals surface area contributed by atoms with Gasteiger partial charge in [-0.05, 0) is 35.7 Å². The zero-order chi connectivity index (χ0) is 20.1. The van der Waals surface area contributed by atoms with Crippen LogP contribution in [-0.2, 0) is 5.75 Å². The number of amides is 1. The number of carbonyl (C=O) groups excluding carboxylic acids is 1. The molecule has 29 heavy (non-hydrogen) atoms. The third-order valence-electron chi connectivity index (χ3n) is 6.12. The number of piperidine rings is 1. The molecule has 0 bridgehead atoms. The van der Waals surface area contributed by atoms with Gasteiger partial charge in [0, 0.05) is 47.3 Å². The van der Waals surface area contributed by atoms with E-state index < -0.39 is 6.09 Å². The monoisotopic (exact) mass is 448 g/mol. The molecule has 2 aromatic carbocycles. The first-order chi connectivity index (χ1) is 14.0. The number of rotatable bonds is 2. The molecule has 0 radical (unpaired) electrons. The number of hydrogen-bond donors (Lipinski definition) is 1. The van der Waals surface area contributed by atoms with Crippen LogP contribution in [0, 0.1) is 0 Å². The Bertz CT molecular complexity index is 973. The Labute approximate surface area is 184 Å². The summed E-state index contributed by atoms with van der Waals surface area (Å²) in [5.74, 6) is 2.00. The molecular weight excluding hydrogens is 429 g/mol. The second-order valence-electron chi connectivity index (χ2n) is 7.74. The molecule has 0 saturated carbocycles. The predicted octanol–water partition coefficient (Wildman–Crippen LogP) is 4.00. The molecule has 152 valence electrons. The summed E-state index contributed by atoms with van der Waals surface area (Å²) in [5, 5.41) is 16.3. The molecule has 5 nitrogen and oxygen atoms in total. The third kappa shape index (κ3) is 3.31. The van der Waals surface area contributed by atoms with E-state index in [4.69, 9.17) is 23.2 Å². The Hall–Kier alpha value is -1.76. The standard InChI is InChI=1S/C21H21Cl2N3O2S/c22-13-4-5-17(16(23)8-13)24-19-11-29-10-12-2-1-3-14-15-9-25(21(27)28)7-6-18(15)26(19)20(12)14/h1-5,8,15,18-19,24H,6-7,9-11H2,(H,27,28)/p-1. The second kappa shape index (κ2) is 7.49. The minimum Gasteiger partial charge on any atom is -0.530 e. The predicted molar refractivity (Wildman–Crippen MR) is 117 cm³/mol. The van der Waals surface area contributed by atoms with Crippen LogP contribution < -0.4 is 15.3 Å². The van der Waals surface area contributed by atoms with E-state index in [1.807, 2.05) is 23.9 Å². The van der Waals surface area contributed by atoms with Crippen LogP contribution in [0.15, 0.2) is 36.4 Å². The van der Waals surface area contributed by atoms with Crippen molar-refractivity contribution in [2.45, 2.75) is 30.3 Å². The lowest BCUT2D eigenvalue weighted by molar-refractivity contribution is -0.266. The molecule has 5 rings (SSSR count). The molecule has 0 aromatic heterocycles. The van der Waals surface area contributed by atoms with E-state index in [-0.39, 0.29) is 18.1 Å². The molecule has 0 aliphatic carbocycles. The van der Waals surface area contributed by atoms with Gasteiger partial charge in [-0.25, -0.2) is 0 Å². The number of benzene rings is 2. The molecule has 1 saturated heterocycles. The Morgan fingerprint density at radius 1 is 1.24 bits per heavy atom. The van der Waals surface area contributed by atoms with Crippen molar-refractivity contribution in [1.29, 1.82) is 0 Å². The fourth-order valence-corrected chi connectivity index (χ4v) is 6.40. The molecule has 3 aliphatic rings. The van der Waals surface area contributed by atoms with E-state index in [9.17, 15) is 9.90 Å². The number of hydrogen-bond acceptors (Lipinski definition) is 5. The van der Waals surface area contributed by atoms with Crippen molar-refractivity contribution in [2.24, 2.45) is 0 Å². The average Bonchev–Trinajstić information content (AvgIpc) is 2.91. The first-order valence-electron chi connectivity index (χ1n) is 9.68. The van der Waals surface area contributed by atoms with Gasteiger partial charge >= 0.3 is 0 Å². The number of para-hydroxylation sites is 1. The highest BCUT2D eigenvalue weighted by Crippen LogP contribution is 2.50. The Balaban J connectivity index is 1.53. The number of carboxylic acid groups (broad SMARTS) is 1. The fraction of sp³-hybridized carbons (Fsp3) is 0.381. The highest BCUT2D eigenvalue weighted by Gasteiger charge is 2.46. The van der Waals surface area contributed by atoms with E-state index in [1.54, 1.807) is 6.07 Å². The van der Waals surface area contributed by atoms with E-state index >= 15 is 0 Å². The van der Waals surface area contributed by atoms with Crippen molar-refractivity contribution >= 4 is 52.4 Å². The van der Waals surface area contributed by atoms with Crippen LogP contribution in [0.2, 0.25) is 10.0 Å². The summed E-state index contributed by atoms with van der Waals surface area (Å²) >= 11 is 14.4. The Morgan fingerprint density at radius 2 is 2.10 bits per heavy atom. The van der Waals surface area contributed by atoms with Gasteiger partial charge in [-0.1, -0.05) is 41.4 Å². The van der Waals surface area contributed by atoms with Crippen LogP contribution in [-0.4, -0.2) is 42.0 Å². The van der Waals surface area contributed by atoms with Gasteiger partial charge in [0.2, 0.25) is 0 Å². The molecule has 3 aliphatic heterocycles. The van der Waals surface area contributed by atoms with E-state index in [0.717, 1.165) is 23.6 Å². The van der Waals surface area contributed by atoms with Crippen molar-refractivity contribution in [3.63, 3.8) is 0 Å². The number of carbonyl (C=O) groups is 1. The molecule has 3 atom stereocenters. The summed E-state index contributed by atoms with van der Waals surface area (Å²) in [5.41, 5.74) is 4.68. The zero-order valence-corrected chi connectivity index (χ0v) is 17.9. The first-order valence-corrected chi connectivity index (χ1v) is 11.6. The first kappa shape index (κ1) is 19.2. The second-order valence-corrected chi connectivity index (χ2v) is 9.61. The highest BCUT2D eigenvalue weighted by molar-refractivity contribution is 7.98. The van der Waals surface area contributed by atoms with Crippen molar-refractivity contribution in [2.75, 3.05) is 29.1 Å². The van der Waals surface area contributed by atoms with Crippen LogP contribution in [0.5, 0.6) is 0 Å². The normalized spacial score (nSPS) is 25.2. The minimum absolute atomic E-state index is 0.0607. The quantitative estimate of drug-likeness (QED) is 0.751. The molecule has 8 heteroatoms. The number of thioether (sulfide) groups is 1. The van der Waals surface area contributed by atoms with Gasteiger partial charge in [0.25, 0.3) is 0 Å². The molecule has 1 N–H and O–H groups in total. The van der Waals surface area contributed by atoms with E-state index in [2.05, 4.69) is 28.4 Å². The highest BCUT2D eigenvalue weighted by atomic mass is 35.5. The molecule has 1 amide bonds.